The van der Waals surface area contributed by atoms with E-state index in [0.717, 1.165) is 22.3 Å². The van der Waals surface area contributed by atoms with Crippen LogP contribution in [-0.2, 0) is 0 Å². The topological polar surface area (TPSA) is 61.7 Å². The van der Waals surface area contributed by atoms with E-state index in [1.165, 1.54) is 0 Å². The molecule has 0 unspecified atom stereocenters. The predicted molar refractivity (Wildman–Crippen MR) is 96.4 cm³/mol. The van der Waals surface area contributed by atoms with E-state index in [1.807, 2.05) is 54.6 Å². The molecule has 2 aromatic carbocycles. The average Bonchev–Trinajstić information content (AvgIpc) is 3.02. The third-order valence-corrected chi connectivity index (χ3v) is 3.54. The monoisotopic (exact) mass is 317 g/mol. The fraction of sp³-hybridized carbons (Fsp3) is 0.200. The molecular formula is C20H19N3O. The summed E-state index contributed by atoms with van der Waals surface area (Å²) in [6, 6.07) is 17.7. The van der Waals surface area contributed by atoms with Gasteiger partial charge in [-0.2, -0.15) is 5.26 Å². The van der Waals surface area contributed by atoms with Gasteiger partial charge in [-0.05, 0) is 41.8 Å². The summed E-state index contributed by atoms with van der Waals surface area (Å²) < 4.78 is 5.67. The number of aromatic nitrogens is 2. The number of imidazole rings is 1. The number of rotatable bonds is 5. The molecule has 0 fully saturated rings. The van der Waals surface area contributed by atoms with E-state index in [1.54, 1.807) is 0 Å². The summed E-state index contributed by atoms with van der Waals surface area (Å²) in [7, 11) is 0. The van der Waals surface area contributed by atoms with Gasteiger partial charge in [0.2, 0.25) is 0 Å². The highest BCUT2D eigenvalue weighted by molar-refractivity contribution is 5.90. The molecule has 0 saturated carbocycles. The molecule has 0 spiro atoms. The number of nitrogens with zero attached hydrogens (tertiary/aromatic N) is 2. The van der Waals surface area contributed by atoms with Crippen LogP contribution in [0.3, 0.4) is 0 Å². The van der Waals surface area contributed by atoms with Crippen LogP contribution in [-0.4, -0.2) is 16.6 Å². The maximum atomic E-state index is 9.46. The molecule has 3 aromatic rings. The molecule has 120 valence electrons. The first-order valence-corrected chi connectivity index (χ1v) is 7.95. The van der Waals surface area contributed by atoms with Gasteiger partial charge in [-0.3, -0.25) is 0 Å². The van der Waals surface area contributed by atoms with Gasteiger partial charge in [0.25, 0.3) is 0 Å². The molecule has 1 heterocycles. The maximum Gasteiger partial charge on any atom is 0.149 e. The lowest BCUT2D eigenvalue weighted by atomic mass is 10.1. The number of nitriles is 1. The van der Waals surface area contributed by atoms with Gasteiger partial charge < -0.3 is 9.72 Å². The fourth-order valence-corrected chi connectivity index (χ4v) is 2.32. The SMILES string of the molecule is CC(C)COc1ccc(/C=C(/C#N)c2nc3ccccc3[nH]2)cc1. The number of aromatic amines is 1. The molecule has 24 heavy (non-hydrogen) atoms. The molecule has 0 saturated heterocycles. The van der Waals surface area contributed by atoms with Crippen molar-refractivity contribution in [2.75, 3.05) is 6.61 Å². The Balaban J connectivity index is 1.83. The minimum absolute atomic E-state index is 0.489. The molecule has 4 nitrogen and oxygen atoms in total. The number of hydrogen-bond acceptors (Lipinski definition) is 3. The zero-order chi connectivity index (χ0) is 16.9. The summed E-state index contributed by atoms with van der Waals surface area (Å²) >= 11 is 0. The van der Waals surface area contributed by atoms with Crippen LogP contribution in [0.15, 0.2) is 48.5 Å². The smallest absolute Gasteiger partial charge is 0.149 e. The van der Waals surface area contributed by atoms with Crippen LogP contribution in [0.4, 0.5) is 0 Å². The lowest BCUT2D eigenvalue weighted by Crippen LogP contribution is -2.04. The minimum atomic E-state index is 0.489. The first-order valence-electron chi connectivity index (χ1n) is 7.95. The summed E-state index contributed by atoms with van der Waals surface area (Å²) in [6.45, 7) is 4.92. The fourth-order valence-electron chi connectivity index (χ4n) is 2.32. The number of ether oxygens (including phenoxy) is 1. The maximum absolute atomic E-state index is 9.46. The number of benzene rings is 2. The summed E-state index contributed by atoms with van der Waals surface area (Å²) in [4.78, 5) is 7.66. The molecule has 0 aliphatic carbocycles. The Hall–Kier alpha value is -3.06. The van der Waals surface area contributed by atoms with Crippen LogP contribution >= 0.6 is 0 Å². The van der Waals surface area contributed by atoms with Crippen molar-refractivity contribution in [1.29, 1.82) is 5.26 Å². The van der Waals surface area contributed by atoms with E-state index in [-0.39, 0.29) is 0 Å². The van der Waals surface area contributed by atoms with Gasteiger partial charge in [0.15, 0.2) is 0 Å². The van der Waals surface area contributed by atoms with E-state index in [9.17, 15) is 5.26 Å². The Morgan fingerprint density at radius 1 is 1.21 bits per heavy atom. The highest BCUT2D eigenvalue weighted by Crippen LogP contribution is 2.20. The van der Waals surface area contributed by atoms with Crippen LogP contribution in [0.2, 0.25) is 0 Å². The van der Waals surface area contributed by atoms with Crippen LogP contribution < -0.4 is 4.74 Å². The van der Waals surface area contributed by atoms with E-state index in [0.29, 0.717) is 23.9 Å². The Morgan fingerprint density at radius 3 is 2.62 bits per heavy atom. The average molecular weight is 317 g/mol. The number of allylic oxidation sites excluding steroid dienone is 1. The summed E-state index contributed by atoms with van der Waals surface area (Å²) in [5.41, 5.74) is 3.21. The number of nitrogens with one attached hydrogen (secondary N) is 1. The molecule has 0 aliphatic rings. The molecule has 3 rings (SSSR count). The zero-order valence-electron chi connectivity index (χ0n) is 13.8. The van der Waals surface area contributed by atoms with Crippen LogP contribution in [0.5, 0.6) is 5.75 Å². The number of H-pyrrole nitrogens is 1. The normalized spacial score (nSPS) is 11.7. The van der Waals surface area contributed by atoms with Crippen molar-refractivity contribution in [1.82, 2.24) is 9.97 Å². The van der Waals surface area contributed by atoms with Gasteiger partial charge in [-0.1, -0.05) is 38.1 Å². The van der Waals surface area contributed by atoms with Crippen molar-refractivity contribution in [3.63, 3.8) is 0 Å². The van der Waals surface area contributed by atoms with Gasteiger partial charge in [0.1, 0.15) is 17.6 Å². The Bertz CT molecular complexity index is 866. The third-order valence-electron chi connectivity index (χ3n) is 3.54. The summed E-state index contributed by atoms with van der Waals surface area (Å²) in [5.74, 6) is 1.91. The largest absolute Gasteiger partial charge is 0.493 e. The third kappa shape index (κ3) is 3.64. The van der Waals surface area contributed by atoms with Crippen LogP contribution in [0.1, 0.15) is 25.2 Å². The van der Waals surface area contributed by atoms with Crippen LogP contribution in [0.25, 0.3) is 22.7 Å². The van der Waals surface area contributed by atoms with E-state index in [2.05, 4.69) is 29.9 Å². The standard InChI is InChI=1S/C20H19N3O/c1-14(2)13-24-17-9-7-15(8-10-17)11-16(12-21)20-22-18-5-3-4-6-19(18)23-20/h3-11,14H,13H2,1-2H3,(H,22,23)/b16-11-. The Morgan fingerprint density at radius 2 is 1.96 bits per heavy atom. The first kappa shape index (κ1) is 15.8. The van der Waals surface area contributed by atoms with Crippen LogP contribution in [0, 0.1) is 17.2 Å². The Labute approximate surface area is 141 Å². The van der Waals surface area contributed by atoms with Gasteiger partial charge in [-0.15, -0.1) is 0 Å². The molecule has 0 amide bonds. The van der Waals surface area contributed by atoms with Gasteiger partial charge in [-0.25, -0.2) is 4.98 Å². The molecule has 0 bridgehead atoms. The molecule has 1 aromatic heterocycles. The van der Waals surface area contributed by atoms with Crippen molar-refractivity contribution in [2.45, 2.75) is 13.8 Å². The molecular weight excluding hydrogens is 298 g/mol. The molecule has 1 N–H and O–H groups in total. The van der Waals surface area contributed by atoms with E-state index in [4.69, 9.17) is 4.74 Å². The summed E-state index contributed by atoms with van der Waals surface area (Å²) in [6.07, 6.45) is 1.82. The highest BCUT2D eigenvalue weighted by atomic mass is 16.5. The van der Waals surface area contributed by atoms with Crippen molar-refractivity contribution in [2.24, 2.45) is 5.92 Å². The van der Waals surface area contributed by atoms with Crippen molar-refractivity contribution in [3.05, 3.63) is 59.9 Å². The number of fused-ring (bicyclic) bond motifs is 1. The van der Waals surface area contributed by atoms with E-state index >= 15 is 0 Å². The number of hydrogen-bond donors (Lipinski definition) is 1. The molecule has 0 atom stereocenters. The minimum Gasteiger partial charge on any atom is -0.493 e. The second-order valence-electron chi connectivity index (χ2n) is 6.05. The summed E-state index contributed by atoms with van der Waals surface area (Å²) in [5, 5.41) is 9.46. The Kier molecular flexibility index (Phi) is 4.62. The second kappa shape index (κ2) is 7.01. The molecule has 0 radical (unpaired) electrons. The van der Waals surface area contributed by atoms with Crippen molar-refractivity contribution < 1.29 is 4.74 Å². The molecule has 4 heteroatoms. The molecule has 0 aliphatic heterocycles. The predicted octanol–water partition coefficient (Wildman–Crippen LogP) is 4.66. The number of para-hydroxylation sites is 2. The zero-order valence-corrected chi connectivity index (χ0v) is 13.8. The van der Waals surface area contributed by atoms with Crippen molar-refractivity contribution in [3.8, 4) is 11.8 Å². The van der Waals surface area contributed by atoms with Gasteiger partial charge >= 0.3 is 0 Å². The lowest BCUT2D eigenvalue weighted by molar-refractivity contribution is 0.271. The lowest BCUT2D eigenvalue weighted by Gasteiger charge is -2.08. The second-order valence-corrected chi connectivity index (χ2v) is 6.05. The van der Waals surface area contributed by atoms with Gasteiger partial charge in [0.05, 0.1) is 23.2 Å². The van der Waals surface area contributed by atoms with Crippen molar-refractivity contribution >= 4 is 22.7 Å². The van der Waals surface area contributed by atoms with Gasteiger partial charge in [0, 0.05) is 0 Å². The highest BCUT2D eigenvalue weighted by Gasteiger charge is 2.07. The van der Waals surface area contributed by atoms with E-state index < -0.39 is 0 Å². The first-order chi connectivity index (χ1) is 11.7. The quantitative estimate of drug-likeness (QED) is 0.696.